The summed E-state index contributed by atoms with van der Waals surface area (Å²) in [5, 5.41) is 13.4. The standard InChI is InChI=1S/C17H18N2O4/c1-12(23-15-9-7-14(22-2)8-10-15)17(21)19-18-11-13-5-3-4-6-16(13)20/h3-12,20H,1-2H3,(H,19,21)/b18-11+. The minimum atomic E-state index is -0.718. The van der Waals surface area contributed by atoms with E-state index in [-0.39, 0.29) is 5.75 Å². The molecule has 0 spiro atoms. The molecule has 2 rings (SSSR count). The number of para-hydroxylation sites is 1. The number of rotatable bonds is 6. The second kappa shape index (κ2) is 7.84. The maximum absolute atomic E-state index is 11.9. The number of nitrogens with one attached hydrogen (secondary N) is 1. The number of benzene rings is 2. The Labute approximate surface area is 134 Å². The SMILES string of the molecule is COc1ccc(OC(C)C(=O)N/N=C/c2ccccc2O)cc1. The molecule has 1 atom stereocenters. The summed E-state index contributed by atoms with van der Waals surface area (Å²) >= 11 is 0. The van der Waals surface area contributed by atoms with Crippen molar-refractivity contribution in [2.45, 2.75) is 13.0 Å². The number of carbonyl (C=O) groups excluding carboxylic acids is 1. The molecule has 0 aromatic heterocycles. The molecule has 0 aliphatic rings. The van der Waals surface area contributed by atoms with E-state index in [0.29, 0.717) is 17.1 Å². The molecule has 23 heavy (non-hydrogen) atoms. The monoisotopic (exact) mass is 314 g/mol. The summed E-state index contributed by atoms with van der Waals surface area (Å²) in [7, 11) is 1.58. The number of carbonyl (C=O) groups is 1. The van der Waals surface area contributed by atoms with E-state index >= 15 is 0 Å². The second-order valence-corrected chi connectivity index (χ2v) is 4.73. The van der Waals surface area contributed by atoms with E-state index < -0.39 is 12.0 Å². The lowest BCUT2D eigenvalue weighted by molar-refractivity contribution is -0.127. The molecule has 2 aromatic rings. The fourth-order valence-electron chi connectivity index (χ4n) is 1.76. The minimum absolute atomic E-state index is 0.0908. The molecule has 1 amide bonds. The van der Waals surface area contributed by atoms with E-state index in [1.807, 2.05) is 0 Å². The van der Waals surface area contributed by atoms with E-state index in [2.05, 4.69) is 10.5 Å². The lowest BCUT2D eigenvalue weighted by atomic mass is 10.2. The van der Waals surface area contributed by atoms with Gasteiger partial charge in [-0.05, 0) is 43.3 Å². The largest absolute Gasteiger partial charge is 0.507 e. The smallest absolute Gasteiger partial charge is 0.280 e. The van der Waals surface area contributed by atoms with Crippen LogP contribution in [0.5, 0.6) is 17.2 Å². The molecule has 0 saturated carbocycles. The first-order chi connectivity index (χ1) is 11.1. The molecule has 1 unspecified atom stereocenters. The van der Waals surface area contributed by atoms with E-state index in [0.717, 1.165) is 0 Å². The van der Waals surface area contributed by atoms with Crippen molar-refractivity contribution in [2.75, 3.05) is 7.11 Å². The molecule has 0 heterocycles. The van der Waals surface area contributed by atoms with Crippen molar-refractivity contribution in [3.8, 4) is 17.2 Å². The Morgan fingerprint density at radius 1 is 1.17 bits per heavy atom. The van der Waals surface area contributed by atoms with Crippen LogP contribution in [0.25, 0.3) is 0 Å². The summed E-state index contributed by atoms with van der Waals surface area (Å²) < 4.78 is 10.6. The van der Waals surface area contributed by atoms with Gasteiger partial charge in [0, 0.05) is 5.56 Å². The predicted octanol–water partition coefficient (Wildman–Crippen LogP) is 2.32. The van der Waals surface area contributed by atoms with Crippen LogP contribution in [0.4, 0.5) is 0 Å². The summed E-state index contributed by atoms with van der Waals surface area (Å²) in [4.78, 5) is 11.9. The normalized spacial score (nSPS) is 11.9. The number of phenols is 1. The van der Waals surface area contributed by atoms with Gasteiger partial charge in [0.25, 0.3) is 5.91 Å². The molecule has 0 fully saturated rings. The highest BCUT2D eigenvalue weighted by atomic mass is 16.5. The van der Waals surface area contributed by atoms with E-state index in [1.54, 1.807) is 62.6 Å². The van der Waals surface area contributed by atoms with Gasteiger partial charge in [0.2, 0.25) is 0 Å². The third-order valence-electron chi connectivity index (χ3n) is 3.06. The number of phenolic OH excluding ortho intramolecular Hbond substituents is 1. The molecule has 0 aliphatic heterocycles. The Morgan fingerprint density at radius 2 is 1.83 bits per heavy atom. The van der Waals surface area contributed by atoms with Crippen LogP contribution < -0.4 is 14.9 Å². The van der Waals surface area contributed by atoms with Crippen LogP contribution in [0.2, 0.25) is 0 Å². The number of nitrogens with zero attached hydrogens (tertiary/aromatic N) is 1. The first-order valence-electron chi connectivity index (χ1n) is 7.02. The van der Waals surface area contributed by atoms with Gasteiger partial charge < -0.3 is 14.6 Å². The molecular formula is C17H18N2O4. The van der Waals surface area contributed by atoms with Crippen molar-refractivity contribution in [3.63, 3.8) is 0 Å². The van der Waals surface area contributed by atoms with Crippen LogP contribution >= 0.6 is 0 Å². The summed E-state index contributed by atoms with van der Waals surface area (Å²) in [5.41, 5.74) is 2.88. The first kappa shape index (κ1) is 16.4. The van der Waals surface area contributed by atoms with E-state index in [4.69, 9.17) is 9.47 Å². The van der Waals surface area contributed by atoms with Crippen LogP contribution in [-0.2, 0) is 4.79 Å². The first-order valence-corrected chi connectivity index (χ1v) is 7.02. The van der Waals surface area contributed by atoms with Crippen molar-refractivity contribution in [2.24, 2.45) is 5.10 Å². The Balaban J connectivity index is 1.88. The molecule has 2 N–H and O–H groups in total. The van der Waals surface area contributed by atoms with Crippen LogP contribution in [0.3, 0.4) is 0 Å². The fourth-order valence-corrected chi connectivity index (χ4v) is 1.76. The summed E-state index contributed by atoms with van der Waals surface area (Å²) in [6.07, 6.45) is 0.651. The molecule has 0 radical (unpaired) electrons. The molecule has 2 aromatic carbocycles. The minimum Gasteiger partial charge on any atom is -0.507 e. The Morgan fingerprint density at radius 3 is 2.48 bits per heavy atom. The summed E-state index contributed by atoms with van der Waals surface area (Å²) in [6, 6.07) is 13.6. The van der Waals surface area contributed by atoms with Crippen LogP contribution in [0, 0.1) is 0 Å². The van der Waals surface area contributed by atoms with Gasteiger partial charge in [0.1, 0.15) is 17.2 Å². The maximum Gasteiger partial charge on any atom is 0.280 e. The molecule has 6 heteroatoms. The van der Waals surface area contributed by atoms with Gasteiger partial charge in [-0.1, -0.05) is 12.1 Å². The van der Waals surface area contributed by atoms with Gasteiger partial charge in [-0.15, -0.1) is 0 Å². The molecule has 0 aliphatic carbocycles. The van der Waals surface area contributed by atoms with Crippen molar-refractivity contribution in [1.82, 2.24) is 5.43 Å². The van der Waals surface area contributed by atoms with Crippen LogP contribution in [0.1, 0.15) is 12.5 Å². The Hall–Kier alpha value is -3.02. The maximum atomic E-state index is 11.9. The number of ether oxygens (including phenoxy) is 2. The Bertz CT molecular complexity index is 683. The van der Waals surface area contributed by atoms with Crippen LogP contribution in [-0.4, -0.2) is 30.4 Å². The average molecular weight is 314 g/mol. The fraction of sp³-hybridized carbons (Fsp3) is 0.176. The topological polar surface area (TPSA) is 80.2 Å². The van der Waals surface area contributed by atoms with Gasteiger partial charge in [-0.3, -0.25) is 4.79 Å². The zero-order valence-corrected chi connectivity index (χ0v) is 12.9. The highest BCUT2D eigenvalue weighted by Crippen LogP contribution is 2.18. The van der Waals surface area contributed by atoms with Gasteiger partial charge in [-0.2, -0.15) is 5.10 Å². The van der Waals surface area contributed by atoms with E-state index in [9.17, 15) is 9.90 Å². The third-order valence-corrected chi connectivity index (χ3v) is 3.06. The number of hydrogen-bond acceptors (Lipinski definition) is 5. The second-order valence-electron chi connectivity index (χ2n) is 4.73. The van der Waals surface area contributed by atoms with Crippen molar-refractivity contribution in [1.29, 1.82) is 0 Å². The van der Waals surface area contributed by atoms with Crippen molar-refractivity contribution >= 4 is 12.1 Å². The zero-order valence-electron chi connectivity index (χ0n) is 12.9. The predicted molar refractivity (Wildman–Crippen MR) is 86.9 cm³/mol. The van der Waals surface area contributed by atoms with Crippen molar-refractivity contribution < 1.29 is 19.4 Å². The number of methoxy groups -OCH3 is 1. The number of hydrogen-bond donors (Lipinski definition) is 2. The van der Waals surface area contributed by atoms with Gasteiger partial charge in [0.15, 0.2) is 6.10 Å². The molecule has 0 bridgehead atoms. The van der Waals surface area contributed by atoms with Gasteiger partial charge >= 0.3 is 0 Å². The summed E-state index contributed by atoms with van der Waals surface area (Å²) in [5.74, 6) is 0.959. The van der Waals surface area contributed by atoms with Crippen LogP contribution in [0.15, 0.2) is 53.6 Å². The zero-order chi connectivity index (χ0) is 16.7. The lowest BCUT2D eigenvalue weighted by Crippen LogP contribution is -2.33. The highest BCUT2D eigenvalue weighted by Gasteiger charge is 2.13. The number of hydrazone groups is 1. The number of amides is 1. The Kier molecular flexibility index (Phi) is 5.57. The molecule has 120 valence electrons. The van der Waals surface area contributed by atoms with Gasteiger partial charge in [-0.25, -0.2) is 5.43 Å². The van der Waals surface area contributed by atoms with E-state index in [1.165, 1.54) is 6.21 Å². The highest BCUT2D eigenvalue weighted by molar-refractivity contribution is 5.86. The average Bonchev–Trinajstić information content (AvgIpc) is 2.57. The molecule has 6 nitrogen and oxygen atoms in total. The summed E-state index contributed by atoms with van der Waals surface area (Å²) in [6.45, 7) is 1.62. The van der Waals surface area contributed by atoms with Gasteiger partial charge in [0.05, 0.1) is 13.3 Å². The third kappa shape index (κ3) is 4.74. The molecule has 0 saturated heterocycles. The molecular weight excluding hydrogens is 296 g/mol. The quantitative estimate of drug-likeness (QED) is 0.633. The van der Waals surface area contributed by atoms with Crippen molar-refractivity contribution in [3.05, 3.63) is 54.1 Å². The lowest BCUT2D eigenvalue weighted by Gasteiger charge is -2.13. The number of aromatic hydroxyl groups is 1.